The summed E-state index contributed by atoms with van der Waals surface area (Å²) < 4.78 is 3.58. The third-order valence-corrected chi connectivity index (χ3v) is 5.42. The van der Waals surface area contributed by atoms with Crippen LogP contribution in [0.1, 0.15) is 30.0 Å². The fourth-order valence-corrected chi connectivity index (χ4v) is 3.78. The summed E-state index contributed by atoms with van der Waals surface area (Å²) in [4.78, 5) is 25.2. The minimum absolute atomic E-state index is 0.0466. The van der Waals surface area contributed by atoms with Crippen molar-refractivity contribution in [3.05, 3.63) is 72.1 Å². The molecule has 1 heterocycles. The highest BCUT2D eigenvalue weighted by molar-refractivity contribution is 14.1. The molecule has 0 amide bonds. The molecule has 0 aliphatic heterocycles. The van der Waals surface area contributed by atoms with Crippen LogP contribution in [0.4, 0.5) is 0 Å². The molecule has 0 atom stereocenters. The normalized spacial score (nSPS) is 10.8. The number of aliphatic hydroxyl groups is 1. The third-order valence-electron chi connectivity index (χ3n) is 4.19. The Morgan fingerprint density at radius 3 is 2.40 bits per heavy atom. The van der Waals surface area contributed by atoms with Crippen molar-refractivity contribution >= 4 is 28.7 Å². The van der Waals surface area contributed by atoms with Gasteiger partial charge in [-0.15, -0.1) is 0 Å². The van der Waals surface area contributed by atoms with Gasteiger partial charge in [0.15, 0.2) is 0 Å². The smallest absolute Gasteiger partial charge is 0.331 e. The maximum atomic E-state index is 12.8. The predicted octanol–water partition coefficient (Wildman–Crippen LogP) is 2.45. The zero-order valence-corrected chi connectivity index (χ0v) is 16.5. The second kappa shape index (κ2) is 9.15. The first-order chi connectivity index (χ1) is 12.0. The molecule has 1 N–H and O–H groups in total. The van der Waals surface area contributed by atoms with Crippen LogP contribution in [0.15, 0.2) is 40.4 Å². The van der Waals surface area contributed by atoms with Gasteiger partial charge in [-0.1, -0.05) is 36.9 Å². The molecule has 25 heavy (non-hydrogen) atoms. The van der Waals surface area contributed by atoms with E-state index in [2.05, 4.69) is 29.2 Å². The highest BCUT2D eigenvalue weighted by atomic mass is 127. The van der Waals surface area contributed by atoms with Crippen molar-refractivity contribution in [3.63, 3.8) is 0 Å². The van der Waals surface area contributed by atoms with Gasteiger partial charge in [-0.3, -0.25) is 13.9 Å². The number of aromatic nitrogens is 2. The monoisotopic (exact) mass is 454 g/mol. The summed E-state index contributed by atoms with van der Waals surface area (Å²) in [5.41, 5.74) is 2.31. The maximum absolute atomic E-state index is 12.8. The van der Waals surface area contributed by atoms with E-state index in [4.69, 9.17) is 5.11 Å². The topological polar surface area (TPSA) is 64.2 Å². The molecule has 0 radical (unpaired) electrons. The average Bonchev–Trinajstić information content (AvgIpc) is 2.62. The van der Waals surface area contributed by atoms with E-state index in [1.807, 2.05) is 31.2 Å². The maximum Gasteiger partial charge on any atom is 0.331 e. The number of halogens is 1. The lowest BCUT2D eigenvalue weighted by Crippen LogP contribution is -2.43. The van der Waals surface area contributed by atoms with Crippen molar-refractivity contribution in [3.8, 4) is 0 Å². The molecular formula is C19H23IN2O3. The fourth-order valence-electron chi connectivity index (χ4n) is 2.73. The Morgan fingerprint density at radius 2 is 1.84 bits per heavy atom. The van der Waals surface area contributed by atoms with Gasteiger partial charge >= 0.3 is 5.69 Å². The summed E-state index contributed by atoms with van der Waals surface area (Å²) in [5, 5.41) is 9.02. The van der Waals surface area contributed by atoms with E-state index in [1.54, 1.807) is 10.6 Å². The van der Waals surface area contributed by atoms with Crippen molar-refractivity contribution in [1.82, 2.24) is 9.13 Å². The standard InChI is InChI=1S/C19H23IN2O3/c1-3-14-6-8-15(9-7-14)10-11-16-17(20)21(4-2)19(25)22(18(16)24)12-5-13-23/h3,6-9,23H,1,4-5,10-13H2,2H3. The van der Waals surface area contributed by atoms with E-state index in [0.29, 0.717) is 28.7 Å². The molecule has 0 saturated heterocycles. The van der Waals surface area contributed by atoms with Crippen LogP contribution < -0.4 is 11.2 Å². The minimum atomic E-state index is -0.301. The van der Waals surface area contributed by atoms with E-state index < -0.39 is 0 Å². The van der Waals surface area contributed by atoms with Crippen molar-refractivity contribution in [2.45, 2.75) is 39.3 Å². The molecular weight excluding hydrogens is 431 g/mol. The quantitative estimate of drug-likeness (QED) is 0.493. The lowest BCUT2D eigenvalue weighted by molar-refractivity contribution is 0.277. The van der Waals surface area contributed by atoms with Crippen LogP contribution in [-0.4, -0.2) is 20.8 Å². The molecule has 0 aliphatic carbocycles. The van der Waals surface area contributed by atoms with Crippen LogP contribution in [0, 0.1) is 3.70 Å². The van der Waals surface area contributed by atoms with Gasteiger partial charge in [-0.25, -0.2) is 4.79 Å². The highest BCUT2D eigenvalue weighted by Crippen LogP contribution is 2.12. The Balaban J connectivity index is 2.36. The summed E-state index contributed by atoms with van der Waals surface area (Å²) in [6.07, 6.45) is 3.49. The number of hydrogen-bond donors (Lipinski definition) is 1. The van der Waals surface area contributed by atoms with Crippen LogP contribution in [0.3, 0.4) is 0 Å². The molecule has 6 heteroatoms. The molecule has 0 unspecified atom stereocenters. The van der Waals surface area contributed by atoms with Gasteiger partial charge in [0, 0.05) is 25.3 Å². The van der Waals surface area contributed by atoms with E-state index in [9.17, 15) is 9.59 Å². The molecule has 0 fully saturated rings. The van der Waals surface area contributed by atoms with Gasteiger partial charge in [0.05, 0.1) is 3.70 Å². The minimum Gasteiger partial charge on any atom is -0.396 e. The zero-order valence-electron chi connectivity index (χ0n) is 14.4. The Labute approximate surface area is 160 Å². The third kappa shape index (κ3) is 4.49. The highest BCUT2D eigenvalue weighted by Gasteiger charge is 2.16. The second-order valence-electron chi connectivity index (χ2n) is 5.78. The van der Waals surface area contributed by atoms with Crippen LogP contribution in [-0.2, 0) is 25.9 Å². The Morgan fingerprint density at radius 1 is 1.16 bits per heavy atom. The number of nitrogens with zero attached hydrogens (tertiary/aromatic N) is 2. The number of rotatable bonds is 8. The van der Waals surface area contributed by atoms with E-state index in [0.717, 1.165) is 17.5 Å². The molecule has 134 valence electrons. The first-order valence-electron chi connectivity index (χ1n) is 8.37. The Kier molecular flexibility index (Phi) is 7.19. The van der Waals surface area contributed by atoms with Gasteiger partial charge in [-0.05, 0) is 59.9 Å². The molecule has 2 aromatic rings. The molecule has 1 aromatic carbocycles. The van der Waals surface area contributed by atoms with E-state index in [1.165, 1.54) is 4.57 Å². The summed E-state index contributed by atoms with van der Waals surface area (Å²) in [6, 6.07) is 8.06. The first kappa shape index (κ1) is 19.7. The van der Waals surface area contributed by atoms with Crippen LogP contribution in [0.5, 0.6) is 0 Å². The molecule has 1 aromatic heterocycles. The molecule has 0 bridgehead atoms. The van der Waals surface area contributed by atoms with Gasteiger partial charge in [0.25, 0.3) is 5.56 Å². The molecule has 0 spiro atoms. The van der Waals surface area contributed by atoms with Crippen molar-refractivity contribution in [2.75, 3.05) is 6.61 Å². The summed E-state index contributed by atoms with van der Waals surface area (Å²) in [7, 11) is 0. The molecule has 2 rings (SSSR count). The Hall–Kier alpha value is -1.67. The van der Waals surface area contributed by atoms with Crippen molar-refractivity contribution in [2.24, 2.45) is 0 Å². The molecule has 5 nitrogen and oxygen atoms in total. The van der Waals surface area contributed by atoms with E-state index in [-0.39, 0.29) is 24.4 Å². The summed E-state index contributed by atoms with van der Waals surface area (Å²) in [5.74, 6) is 0. The number of hydrogen-bond acceptors (Lipinski definition) is 3. The summed E-state index contributed by atoms with van der Waals surface area (Å²) >= 11 is 2.09. The number of aliphatic hydroxyl groups excluding tert-OH is 1. The summed E-state index contributed by atoms with van der Waals surface area (Å²) in [6.45, 7) is 6.34. The molecule has 0 saturated carbocycles. The van der Waals surface area contributed by atoms with Crippen LogP contribution in [0.25, 0.3) is 6.08 Å². The van der Waals surface area contributed by atoms with Gasteiger partial charge < -0.3 is 5.11 Å². The average molecular weight is 454 g/mol. The number of benzene rings is 1. The first-order valence-corrected chi connectivity index (χ1v) is 9.45. The zero-order chi connectivity index (χ0) is 18.4. The fraction of sp³-hybridized carbons (Fsp3) is 0.368. The second-order valence-corrected chi connectivity index (χ2v) is 6.80. The van der Waals surface area contributed by atoms with Crippen molar-refractivity contribution in [1.29, 1.82) is 0 Å². The SMILES string of the molecule is C=Cc1ccc(CCc2c(I)n(CC)c(=O)n(CCCO)c2=O)cc1. The van der Waals surface area contributed by atoms with Crippen LogP contribution >= 0.6 is 22.6 Å². The number of aryl methyl sites for hydroxylation is 1. The lowest BCUT2D eigenvalue weighted by Gasteiger charge is -2.15. The van der Waals surface area contributed by atoms with Crippen molar-refractivity contribution < 1.29 is 5.11 Å². The van der Waals surface area contributed by atoms with Gasteiger partial charge in [0.2, 0.25) is 0 Å². The Bertz CT molecular complexity index is 851. The van der Waals surface area contributed by atoms with E-state index >= 15 is 0 Å². The van der Waals surface area contributed by atoms with Crippen LogP contribution in [0.2, 0.25) is 0 Å². The van der Waals surface area contributed by atoms with Gasteiger partial charge in [-0.2, -0.15) is 0 Å². The molecule has 0 aliphatic rings. The van der Waals surface area contributed by atoms with Gasteiger partial charge in [0.1, 0.15) is 0 Å². The largest absolute Gasteiger partial charge is 0.396 e. The predicted molar refractivity (Wildman–Crippen MR) is 109 cm³/mol. The lowest BCUT2D eigenvalue weighted by atomic mass is 10.0.